The molecule has 50 heavy (non-hydrogen) atoms. The smallest absolute Gasteiger partial charge is 0.405 e. The number of carbonyl (C=O) groups is 1. The summed E-state index contributed by atoms with van der Waals surface area (Å²) in [6.45, 7) is 4.81. The minimum Gasteiger partial charge on any atom is -0.506 e. The van der Waals surface area contributed by atoms with E-state index in [0.29, 0.717) is 35.5 Å². The third-order valence-electron chi connectivity index (χ3n) is 10.7. The molecule has 1 unspecified atom stereocenters. The highest BCUT2D eigenvalue weighted by Gasteiger charge is 2.50. The van der Waals surface area contributed by atoms with Crippen LogP contribution in [0.15, 0.2) is 83.7 Å². The lowest BCUT2D eigenvalue weighted by molar-refractivity contribution is 0.00716. The number of nitrogens with one attached hydrogen (secondary N) is 3. The van der Waals surface area contributed by atoms with Crippen molar-refractivity contribution >= 4 is 17.0 Å². The van der Waals surface area contributed by atoms with E-state index in [2.05, 4.69) is 20.5 Å². The Morgan fingerprint density at radius 2 is 1.66 bits per heavy atom. The van der Waals surface area contributed by atoms with E-state index in [9.17, 15) is 24.9 Å². The van der Waals surface area contributed by atoms with Gasteiger partial charge in [-0.2, -0.15) is 0 Å². The Labute approximate surface area is 293 Å². The minimum absolute atomic E-state index is 0.0160. The Hall–Kier alpha value is -4.38. The predicted molar refractivity (Wildman–Crippen MR) is 195 cm³/mol. The van der Waals surface area contributed by atoms with Crippen LogP contribution in [0, 0.1) is 11.8 Å². The maximum atomic E-state index is 12.4. The fraction of sp³-hybridized carbons (Fsp3) is 0.450. The first-order chi connectivity index (χ1) is 24.3. The molecule has 3 aliphatic rings. The van der Waals surface area contributed by atoms with Gasteiger partial charge in [-0.1, -0.05) is 74.2 Å². The van der Waals surface area contributed by atoms with Crippen molar-refractivity contribution in [1.29, 1.82) is 0 Å². The number of H-pyrrole nitrogens is 1. The third-order valence-corrected chi connectivity index (χ3v) is 10.7. The number of pyridine rings is 1. The second-order valence-electron chi connectivity index (χ2n) is 13.9. The highest BCUT2D eigenvalue weighted by Crippen LogP contribution is 2.47. The first kappa shape index (κ1) is 35.4. The number of piperidine rings is 3. The number of unbranched alkanes of at least 4 members (excludes halogenated alkanes) is 5. The largest absolute Gasteiger partial charge is 0.506 e. The molecule has 3 aromatic carbocycles. The van der Waals surface area contributed by atoms with Gasteiger partial charge in [-0.15, -0.1) is 0 Å². The van der Waals surface area contributed by atoms with Gasteiger partial charge >= 0.3 is 6.09 Å². The number of benzene rings is 3. The number of aliphatic hydroxyl groups excluding tert-OH is 1. The zero-order valence-electron chi connectivity index (χ0n) is 28.7. The van der Waals surface area contributed by atoms with Crippen LogP contribution < -0.4 is 20.9 Å². The van der Waals surface area contributed by atoms with Gasteiger partial charge in [0.1, 0.15) is 11.5 Å². The summed E-state index contributed by atoms with van der Waals surface area (Å²) in [7, 11) is 0. The zero-order valence-corrected chi connectivity index (χ0v) is 28.7. The number of ether oxygens (including phenoxy) is 1. The second-order valence-corrected chi connectivity index (χ2v) is 13.9. The van der Waals surface area contributed by atoms with Gasteiger partial charge in [-0.05, 0) is 92.2 Å². The van der Waals surface area contributed by atoms with Crippen LogP contribution in [-0.2, 0) is 5.54 Å². The first-order valence-corrected chi connectivity index (χ1v) is 18.1. The number of phenolic OH excluding ortho intramolecular Hbond substituents is 1. The maximum Gasteiger partial charge on any atom is 0.405 e. The van der Waals surface area contributed by atoms with Gasteiger partial charge in [0.2, 0.25) is 5.56 Å². The average molecular weight is 683 g/mol. The van der Waals surface area contributed by atoms with E-state index in [0.717, 1.165) is 94.4 Å². The number of nitrogens with zero attached hydrogens (tertiary/aromatic N) is 1. The number of amides is 1. The molecule has 10 heteroatoms. The Bertz CT molecular complexity index is 1770. The number of aliphatic hydroxyl groups is 1. The summed E-state index contributed by atoms with van der Waals surface area (Å²) in [6, 6.07) is 24.3. The molecule has 2 bridgehead atoms. The number of hydrogen-bond acceptors (Lipinski definition) is 7. The van der Waals surface area contributed by atoms with Crippen molar-refractivity contribution in [2.75, 3.05) is 39.3 Å². The van der Waals surface area contributed by atoms with Crippen molar-refractivity contribution in [2.45, 2.75) is 63.0 Å². The lowest BCUT2D eigenvalue weighted by atomic mass is 9.63. The molecule has 1 aromatic heterocycles. The van der Waals surface area contributed by atoms with Crippen LogP contribution in [0.1, 0.15) is 74.2 Å². The summed E-state index contributed by atoms with van der Waals surface area (Å²) in [5, 5.41) is 38.0. The molecular weight excluding hydrogens is 632 g/mol. The molecule has 7 rings (SSSR count). The van der Waals surface area contributed by atoms with Gasteiger partial charge in [-0.25, -0.2) is 4.79 Å². The van der Waals surface area contributed by atoms with E-state index in [1.54, 1.807) is 12.1 Å². The zero-order chi connectivity index (χ0) is 34.9. The van der Waals surface area contributed by atoms with Gasteiger partial charge in [0.05, 0.1) is 23.8 Å². The molecule has 10 nitrogen and oxygen atoms in total. The van der Waals surface area contributed by atoms with E-state index < -0.39 is 17.7 Å². The Balaban J connectivity index is 0.949. The fourth-order valence-corrected chi connectivity index (χ4v) is 8.14. The van der Waals surface area contributed by atoms with E-state index in [1.807, 2.05) is 54.6 Å². The number of carboxylic acid groups (broad SMARTS) is 1. The maximum absolute atomic E-state index is 12.4. The lowest BCUT2D eigenvalue weighted by Crippen LogP contribution is -2.61. The number of aromatic amines is 1. The lowest BCUT2D eigenvalue weighted by Gasteiger charge is -2.53. The summed E-state index contributed by atoms with van der Waals surface area (Å²) in [5.74, 6) is 1.31. The second kappa shape index (κ2) is 16.6. The molecule has 6 N–H and O–H groups in total. The normalized spacial score (nSPS) is 20.3. The number of fused-ring (bicyclic) bond motifs is 4. The van der Waals surface area contributed by atoms with Gasteiger partial charge in [0.25, 0.3) is 0 Å². The molecule has 3 fully saturated rings. The third kappa shape index (κ3) is 8.15. The predicted octanol–water partition coefficient (Wildman–Crippen LogP) is 6.13. The van der Waals surface area contributed by atoms with Crippen molar-refractivity contribution in [2.24, 2.45) is 11.8 Å². The van der Waals surface area contributed by atoms with Crippen molar-refractivity contribution in [3.05, 3.63) is 106 Å². The molecule has 0 radical (unpaired) electrons. The first-order valence-electron chi connectivity index (χ1n) is 18.1. The fourth-order valence-electron chi connectivity index (χ4n) is 8.14. The summed E-state index contributed by atoms with van der Waals surface area (Å²) in [4.78, 5) is 29.2. The van der Waals surface area contributed by atoms with E-state index in [-0.39, 0.29) is 17.2 Å². The molecule has 4 heterocycles. The molecule has 3 saturated heterocycles. The number of phenols is 1. The SMILES string of the molecule is O=C(O)NC(c1ccccc1)(c1cccc(OCCCCCCCCNC[C@H](O)c2ccc(O)c3[nH]c(=O)ccc23)c1)[C@H]1CN2CCC1CC2. The molecule has 0 saturated carbocycles. The van der Waals surface area contributed by atoms with Gasteiger partial charge in [0, 0.05) is 30.5 Å². The van der Waals surface area contributed by atoms with Gasteiger partial charge in [0.15, 0.2) is 0 Å². The van der Waals surface area contributed by atoms with E-state index in [1.165, 1.54) is 12.1 Å². The molecule has 0 aliphatic carbocycles. The van der Waals surface area contributed by atoms with Crippen molar-refractivity contribution in [1.82, 2.24) is 20.5 Å². The van der Waals surface area contributed by atoms with Crippen molar-refractivity contribution in [3.63, 3.8) is 0 Å². The monoisotopic (exact) mass is 682 g/mol. The van der Waals surface area contributed by atoms with E-state index in [4.69, 9.17) is 4.74 Å². The standard InChI is InChI=1S/C40H50N4O6/c45-35-17-15-32(33-16-18-37(47)42-38(33)35)36(46)26-41-21-8-3-1-2-4-9-24-50-31-14-10-13-30(25-31)40(43-39(48)49,29-11-6-5-7-12-29)34-27-44-22-19-28(34)20-23-44/h5-7,10-18,25,28,34,36,41,43,45-46H,1-4,8-9,19-24,26-27H2,(H,42,47)(H,48,49)/t34-,36-,40?/m0/s1. The Morgan fingerprint density at radius 1 is 0.920 bits per heavy atom. The minimum atomic E-state index is -1.02. The number of aromatic hydroxyl groups is 1. The molecular formula is C40H50N4O6. The molecule has 266 valence electrons. The van der Waals surface area contributed by atoms with Crippen LogP contribution in [-0.4, -0.2) is 70.6 Å². The summed E-state index contributed by atoms with van der Waals surface area (Å²) in [6.07, 6.45) is 6.73. The molecule has 3 aliphatic heterocycles. The molecule has 1 amide bonds. The topological polar surface area (TPSA) is 147 Å². The van der Waals surface area contributed by atoms with Crippen LogP contribution in [0.25, 0.3) is 10.9 Å². The number of rotatable bonds is 17. The van der Waals surface area contributed by atoms with Crippen LogP contribution in [0.5, 0.6) is 11.5 Å². The average Bonchev–Trinajstić information content (AvgIpc) is 3.14. The molecule has 0 spiro atoms. The highest BCUT2D eigenvalue weighted by molar-refractivity contribution is 5.87. The van der Waals surface area contributed by atoms with Crippen molar-refractivity contribution in [3.8, 4) is 11.5 Å². The molecule has 3 atom stereocenters. The van der Waals surface area contributed by atoms with Crippen LogP contribution in [0.4, 0.5) is 4.79 Å². The van der Waals surface area contributed by atoms with Crippen molar-refractivity contribution < 1.29 is 24.9 Å². The Morgan fingerprint density at radius 3 is 2.40 bits per heavy atom. The number of hydrogen-bond donors (Lipinski definition) is 6. The molecule has 4 aromatic rings. The van der Waals surface area contributed by atoms with Gasteiger partial charge in [-0.3, -0.25) is 4.79 Å². The van der Waals surface area contributed by atoms with Crippen LogP contribution in [0.3, 0.4) is 0 Å². The highest BCUT2D eigenvalue weighted by atomic mass is 16.5. The van der Waals surface area contributed by atoms with E-state index >= 15 is 0 Å². The summed E-state index contributed by atoms with van der Waals surface area (Å²) in [5.41, 5.74) is 1.73. The van der Waals surface area contributed by atoms with Gasteiger partial charge < -0.3 is 40.6 Å². The van der Waals surface area contributed by atoms with Crippen LogP contribution >= 0.6 is 0 Å². The number of aromatic nitrogens is 1. The summed E-state index contributed by atoms with van der Waals surface area (Å²) < 4.78 is 6.24. The quantitative estimate of drug-likeness (QED) is 0.0730. The Kier molecular flexibility index (Phi) is 11.7. The summed E-state index contributed by atoms with van der Waals surface area (Å²) >= 11 is 0. The van der Waals surface area contributed by atoms with Crippen LogP contribution in [0.2, 0.25) is 0 Å².